The normalized spacial score (nSPS) is 19.1. The number of halogens is 3. The lowest BCUT2D eigenvalue weighted by atomic mass is 9.78. The van der Waals surface area contributed by atoms with E-state index in [1.54, 1.807) is 42.6 Å². The van der Waals surface area contributed by atoms with Gasteiger partial charge in [0.15, 0.2) is 0 Å². The highest BCUT2D eigenvalue weighted by molar-refractivity contribution is 7.15. The van der Waals surface area contributed by atoms with Crippen molar-refractivity contribution in [1.29, 1.82) is 0 Å². The number of alkyl halides is 3. The molecule has 1 fully saturated rings. The maximum atomic E-state index is 13.0. The quantitative estimate of drug-likeness (QED) is 0.208. The van der Waals surface area contributed by atoms with E-state index in [4.69, 9.17) is 0 Å². The standard InChI is InChI=1S/C29H28F3N5O3S/c1-17-12-20(14-21(13-17)36-27-33-11-8-24(37-27)29(30,31)32)23-16-35-26(41-23)28(40)9-6-19(7-10-28)25(39)34-15-18-2-4-22(38)5-3-18/h2-5,8,11-14,16,19,38,40H,6-7,9-10,15H2,1H3,(H,34,39)(H,33,36,37). The van der Waals surface area contributed by atoms with Crippen LogP contribution in [0, 0.1) is 12.8 Å². The summed E-state index contributed by atoms with van der Waals surface area (Å²) in [5.74, 6) is -0.277. The van der Waals surface area contributed by atoms with Gasteiger partial charge in [0.25, 0.3) is 0 Å². The molecule has 0 atom stereocenters. The maximum absolute atomic E-state index is 13.0. The molecule has 214 valence electrons. The molecule has 0 bridgehead atoms. The smallest absolute Gasteiger partial charge is 0.433 e. The second-order valence-corrected chi connectivity index (χ2v) is 11.2. The highest BCUT2D eigenvalue weighted by Gasteiger charge is 2.39. The number of phenolic OH excluding ortho intramolecular Hbond substituents is 1. The second kappa shape index (κ2) is 11.5. The number of aryl methyl sites for hydroxylation is 1. The molecule has 4 aromatic rings. The Labute approximate surface area is 238 Å². The van der Waals surface area contributed by atoms with Crippen molar-refractivity contribution in [2.45, 2.75) is 50.9 Å². The number of aromatic nitrogens is 3. The zero-order chi connectivity index (χ0) is 29.2. The number of nitrogens with one attached hydrogen (secondary N) is 2. The van der Waals surface area contributed by atoms with E-state index in [1.807, 2.05) is 13.0 Å². The summed E-state index contributed by atoms with van der Waals surface area (Å²) in [6, 6.07) is 12.9. The largest absolute Gasteiger partial charge is 0.508 e. The Kier molecular flexibility index (Phi) is 7.96. The van der Waals surface area contributed by atoms with Crippen molar-refractivity contribution in [3.63, 3.8) is 0 Å². The van der Waals surface area contributed by atoms with E-state index >= 15 is 0 Å². The molecule has 5 rings (SSSR count). The Hall–Kier alpha value is -4.03. The number of aliphatic hydroxyl groups is 1. The zero-order valence-electron chi connectivity index (χ0n) is 22.1. The average Bonchev–Trinajstić information content (AvgIpc) is 3.44. The number of rotatable bonds is 7. The highest BCUT2D eigenvalue weighted by Crippen LogP contribution is 2.43. The van der Waals surface area contributed by atoms with Gasteiger partial charge >= 0.3 is 6.18 Å². The van der Waals surface area contributed by atoms with Crippen LogP contribution in [0.15, 0.2) is 60.9 Å². The van der Waals surface area contributed by atoms with Crippen LogP contribution in [0.4, 0.5) is 24.8 Å². The van der Waals surface area contributed by atoms with Crippen molar-refractivity contribution in [2.24, 2.45) is 5.92 Å². The summed E-state index contributed by atoms with van der Waals surface area (Å²) in [6.07, 6.45) is -0.0276. The Balaban J connectivity index is 1.23. The maximum Gasteiger partial charge on any atom is 0.433 e. The van der Waals surface area contributed by atoms with Crippen molar-refractivity contribution < 1.29 is 28.2 Å². The van der Waals surface area contributed by atoms with Crippen LogP contribution >= 0.6 is 11.3 Å². The molecule has 12 heteroatoms. The molecule has 41 heavy (non-hydrogen) atoms. The molecule has 4 N–H and O–H groups in total. The Morgan fingerprint density at radius 2 is 1.83 bits per heavy atom. The number of anilines is 2. The number of benzene rings is 2. The predicted octanol–water partition coefficient (Wildman–Crippen LogP) is 6.07. The Bertz CT molecular complexity index is 1530. The third-order valence-corrected chi connectivity index (χ3v) is 8.29. The van der Waals surface area contributed by atoms with E-state index in [1.165, 1.54) is 11.3 Å². The molecule has 1 saturated carbocycles. The predicted molar refractivity (Wildman–Crippen MR) is 148 cm³/mol. The number of nitrogens with zero attached hydrogens (tertiary/aromatic N) is 3. The summed E-state index contributed by atoms with van der Waals surface area (Å²) in [5, 5.41) is 27.1. The molecule has 2 aromatic heterocycles. The summed E-state index contributed by atoms with van der Waals surface area (Å²) in [6.45, 7) is 2.23. The van der Waals surface area contributed by atoms with E-state index in [2.05, 4.69) is 25.6 Å². The number of aromatic hydroxyl groups is 1. The summed E-state index contributed by atoms with van der Waals surface area (Å²) in [4.78, 5) is 25.5. The molecule has 1 aliphatic rings. The number of hydrogen-bond donors (Lipinski definition) is 4. The van der Waals surface area contributed by atoms with Gasteiger partial charge in [-0.25, -0.2) is 15.0 Å². The molecule has 2 heterocycles. The molecule has 0 saturated heterocycles. The molecular weight excluding hydrogens is 555 g/mol. The van der Waals surface area contributed by atoms with Crippen LogP contribution in [0.25, 0.3) is 10.4 Å². The van der Waals surface area contributed by atoms with Crippen LogP contribution < -0.4 is 10.6 Å². The van der Waals surface area contributed by atoms with Gasteiger partial charge in [-0.15, -0.1) is 11.3 Å². The van der Waals surface area contributed by atoms with Crippen LogP contribution in [0.1, 0.15) is 47.5 Å². The number of thiazole rings is 1. The van der Waals surface area contributed by atoms with E-state index < -0.39 is 17.5 Å². The number of amides is 1. The third-order valence-electron chi connectivity index (χ3n) is 7.05. The van der Waals surface area contributed by atoms with Crippen molar-refractivity contribution in [2.75, 3.05) is 5.32 Å². The van der Waals surface area contributed by atoms with E-state index in [9.17, 15) is 28.2 Å². The first-order valence-corrected chi connectivity index (χ1v) is 13.8. The minimum absolute atomic E-state index is 0.0653. The first-order chi connectivity index (χ1) is 19.5. The van der Waals surface area contributed by atoms with Crippen LogP contribution in [0.3, 0.4) is 0 Å². The number of hydrogen-bond acceptors (Lipinski definition) is 8. The second-order valence-electron chi connectivity index (χ2n) is 10.2. The summed E-state index contributed by atoms with van der Waals surface area (Å²) in [5.41, 5.74) is 0.877. The molecule has 0 aliphatic heterocycles. The van der Waals surface area contributed by atoms with Crippen molar-refractivity contribution in [1.82, 2.24) is 20.3 Å². The molecule has 2 aromatic carbocycles. The highest BCUT2D eigenvalue weighted by atomic mass is 32.1. The van der Waals surface area contributed by atoms with E-state index in [0.29, 0.717) is 42.9 Å². The van der Waals surface area contributed by atoms with Crippen molar-refractivity contribution >= 4 is 28.9 Å². The Morgan fingerprint density at radius 1 is 1.10 bits per heavy atom. The fourth-order valence-electron chi connectivity index (χ4n) is 4.84. The van der Waals surface area contributed by atoms with Crippen LogP contribution in [-0.4, -0.2) is 31.1 Å². The Morgan fingerprint density at radius 3 is 2.54 bits per heavy atom. The lowest BCUT2D eigenvalue weighted by molar-refractivity contribution is -0.141. The molecule has 0 unspecified atom stereocenters. The van der Waals surface area contributed by atoms with Gasteiger partial charge in [0.1, 0.15) is 22.1 Å². The van der Waals surface area contributed by atoms with Gasteiger partial charge < -0.3 is 20.8 Å². The summed E-state index contributed by atoms with van der Waals surface area (Å²) < 4.78 is 39.1. The molecule has 8 nitrogen and oxygen atoms in total. The van der Waals surface area contributed by atoms with Gasteiger partial charge in [-0.05, 0) is 79.6 Å². The van der Waals surface area contributed by atoms with E-state index in [0.717, 1.165) is 33.8 Å². The number of phenols is 1. The van der Waals surface area contributed by atoms with Gasteiger partial charge in [0.05, 0.1) is 4.88 Å². The number of carbonyl (C=O) groups excluding carboxylic acids is 1. The van der Waals surface area contributed by atoms with E-state index in [-0.39, 0.29) is 23.5 Å². The van der Waals surface area contributed by atoms with Gasteiger partial charge in [0.2, 0.25) is 11.9 Å². The first kappa shape index (κ1) is 28.5. The lowest BCUT2D eigenvalue weighted by Gasteiger charge is -2.33. The average molecular weight is 584 g/mol. The topological polar surface area (TPSA) is 120 Å². The third kappa shape index (κ3) is 6.83. The number of carbonyl (C=O) groups is 1. The van der Waals surface area contributed by atoms with Gasteiger partial charge in [-0.2, -0.15) is 13.2 Å². The van der Waals surface area contributed by atoms with Gasteiger partial charge in [0, 0.05) is 30.5 Å². The van der Waals surface area contributed by atoms with Crippen molar-refractivity contribution in [3.8, 4) is 16.2 Å². The minimum Gasteiger partial charge on any atom is -0.508 e. The van der Waals surface area contributed by atoms with Gasteiger partial charge in [-0.1, -0.05) is 18.2 Å². The minimum atomic E-state index is -4.58. The zero-order valence-corrected chi connectivity index (χ0v) is 22.9. The first-order valence-electron chi connectivity index (χ1n) is 13.0. The van der Waals surface area contributed by atoms with Crippen LogP contribution in [0.5, 0.6) is 5.75 Å². The molecule has 0 spiro atoms. The molecule has 0 radical (unpaired) electrons. The molecular formula is C29H28F3N5O3S. The summed E-state index contributed by atoms with van der Waals surface area (Å²) >= 11 is 1.35. The summed E-state index contributed by atoms with van der Waals surface area (Å²) in [7, 11) is 0. The monoisotopic (exact) mass is 583 g/mol. The van der Waals surface area contributed by atoms with Crippen molar-refractivity contribution in [3.05, 3.63) is 82.8 Å². The molecule has 1 aliphatic carbocycles. The van der Waals surface area contributed by atoms with Crippen LogP contribution in [0.2, 0.25) is 0 Å². The molecule has 1 amide bonds. The van der Waals surface area contributed by atoms with Gasteiger partial charge in [-0.3, -0.25) is 4.79 Å². The SMILES string of the molecule is Cc1cc(Nc2nccc(C(F)(F)F)n2)cc(-c2cnc(C3(O)CCC(C(=O)NCc4ccc(O)cc4)CC3)s2)c1. The lowest BCUT2D eigenvalue weighted by Crippen LogP contribution is -2.38. The van der Waals surface area contributed by atoms with Crippen LogP contribution in [-0.2, 0) is 23.1 Å². The fourth-order valence-corrected chi connectivity index (χ4v) is 5.89. The fraction of sp³-hybridized carbons (Fsp3) is 0.310.